The highest BCUT2D eigenvalue weighted by atomic mass is 127. The Morgan fingerprint density at radius 1 is 1.30 bits per heavy atom. The molecule has 0 spiro atoms. The van der Waals surface area contributed by atoms with Gasteiger partial charge in [0, 0.05) is 17.8 Å². The monoisotopic (exact) mass is 596 g/mol. The first-order chi connectivity index (χ1) is 12.7. The van der Waals surface area contributed by atoms with Crippen LogP contribution in [0.5, 0.6) is 5.88 Å². The van der Waals surface area contributed by atoms with E-state index in [0.29, 0.717) is 6.61 Å². The van der Waals surface area contributed by atoms with Gasteiger partial charge in [-0.05, 0) is 76.2 Å². The largest absolute Gasteiger partial charge is 0.476 e. The van der Waals surface area contributed by atoms with E-state index in [1.807, 2.05) is 0 Å². The minimum absolute atomic E-state index is 0.0454. The maximum absolute atomic E-state index is 14.7. The summed E-state index contributed by atoms with van der Waals surface area (Å²) in [7, 11) is 0. The molecule has 1 saturated carbocycles. The Labute approximate surface area is 183 Å². The van der Waals surface area contributed by atoms with E-state index in [9.17, 15) is 9.18 Å². The molecular weight excluding hydrogens is 577 g/mol. The fourth-order valence-corrected chi connectivity index (χ4v) is 3.97. The number of anilines is 1. The highest BCUT2D eigenvalue weighted by Crippen LogP contribution is 2.43. The standard InChI is InChI=1S/C18H19FI2N4O2/c19-18(20,21)12-5-6-13(27-10-17(23)7-1-2-8-17)25-14(12)15(26)11-4-3-9-24-16(11)22/h3-6,9H,1-2,7-8,10,23H2,(H2,22,24). The summed E-state index contributed by atoms with van der Waals surface area (Å²) in [6.07, 6.45) is 5.41. The molecule has 9 heteroatoms. The number of nitrogen functional groups attached to an aromatic ring is 1. The number of rotatable bonds is 6. The van der Waals surface area contributed by atoms with Gasteiger partial charge >= 0.3 is 0 Å². The Balaban J connectivity index is 1.94. The molecule has 3 rings (SSSR count). The summed E-state index contributed by atoms with van der Waals surface area (Å²) in [6.45, 7) is 0.303. The van der Waals surface area contributed by atoms with Crippen molar-refractivity contribution in [3.05, 3.63) is 47.3 Å². The lowest BCUT2D eigenvalue weighted by Crippen LogP contribution is -2.42. The number of nitrogens with zero attached hydrogens (tertiary/aromatic N) is 2. The number of nitrogens with two attached hydrogens (primary N) is 2. The van der Waals surface area contributed by atoms with Gasteiger partial charge in [-0.15, -0.1) is 0 Å². The summed E-state index contributed by atoms with van der Waals surface area (Å²) in [6, 6.07) is 6.21. The van der Waals surface area contributed by atoms with Crippen molar-refractivity contribution in [2.24, 2.45) is 5.73 Å². The second kappa shape index (κ2) is 8.11. The molecule has 6 nitrogen and oxygen atoms in total. The number of hydrogen-bond donors (Lipinski definition) is 2. The van der Waals surface area contributed by atoms with Gasteiger partial charge in [0.15, 0.2) is 0 Å². The Hall–Kier alpha value is -1.08. The Morgan fingerprint density at radius 2 is 2.00 bits per heavy atom. The summed E-state index contributed by atoms with van der Waals surface area (Å²) in [5.74, 6) is -0.196. The molecule has 0 aromatic carbocycles. The summed E-state index contributed by atoms with van der Waals surface area (Å²) >= 11 is 3.23. The van der Waals surface area contributed by atoms with Gasteiger partial charge in [-0.3, -0.25) is 4.79 Å². The Bertz CT molecular complexity index is 851. The highest BCUT2D eigenvalue weighted by molar-refractivity contribution is 14.2. The minimum Gasteiger partial charge on any atom is -0.476 e. The summed E-state index contributed by atoms with van der Waals surface area (Å²) in [5, 5.41) is 0. The van der Waals surface area contributed by atoms with Crippen LogP contribution in [-0.2, 0) is 1.68 Å². The molecule has 27 heavy (non-hydrogen) atoms. The van der Waals surface area contributed by atoms with Gasteiger partial charge < -0.3 is 16.2 Å². The number of hydrogen-bond acceptors (Lipinski definition) is 6. The van der Waals surface area contributed by atoms with Gasteiger partial charge in [0.05, 0.1) is 11.1 Å². The summed E-state index contributed by atoms with van der Waals surface area (Å²) < 4.78 is 18.6. The van der Waals surface area contributed by atoms with Crippen LogP contribution in [0.1, 0.15) is 47.3 Å². The molecule has 0 bridgehead atoms. The number of pyridine rings is 2. The van der Waals surface area contributed by atoms with Crippen LogP contribution in [0.15, 0.2) is 30.5 Å². The van der Waals surface area contributed by atoms with E-state index in [2.05, 4.69) is 9.97 Å². The predicted molar refractivity (Wildman–Crippen MR) is 118 cm³/mol. The molecule has 0 saturated heterocycles. The van der Waals surface area contributed by atoms with Crippen molar-refractivity contribution in [2.45, 2.75) is 32.9 Å². The maximum atomic E-state index is 14.7. The van der Waals surface area contributed by atoms with Crippen molar-refractivity contribution in [1.82, 2.24) is 9.97 Å². The quantitative estimate of drug-likeness (QED) is 0.298. The van der Waals surface area contributed by atoms with Crippen molar-refractivity contribution in [2.75, 3.05) is 12.3 Å². The lowest BCUT2D eigenvalue weighted by atomic mass is 10.0. The van der Waals surface area contributed by atoms with E-state index < -0.39 is 7.47 Å². The van der Waals surface area contributed by atoms with Crippen molar-refractivity contribution in [3.63, 3.8) is 0 Å². The topological polar surface area (TPSA) is 104 Å². The fraction of sp³-hybridized carbons (Fsp3) is 0.389. The molecule has 0 aliphatic heterocycles. The van der Waals surface area contributed by atoms with E-state index in [-0.39, 0.29) is 34.1 Å². The fourth-order valence-electron chi connectivity index (χ4n) is 3.10. The normalized spacial score (nSPS) is 16.3. The molecule has 2 aromatic rings. The van der Waals surface area contributed by atoms with Crippen LogP contribution in [0.3, 0.4) is 0 Å². The van der Waals surface area contributed by atoms with Crippen molar-refractivity contribution in [1.29, 1.82) is 0 Å². The van der Waals surface area contributed by atoms with Crippen LogP contribution in [-0.4, -0.2) is 27.9 Å². The van der Waals surface area contributed by atoms with Gasteiger partial charge in [0.25, 0.3) is 0 Å². The van der Waals surface area contributed by atoms with E-state index >= 15 is 0 Å². The van der Waals surface area contributed by atoms with Crippen LogP contribution in [0.25, 0.3) is 0 Å². The number of carbonyl (C=O) groups is 1. The molecule has 4 N–H and O–H groups in total. The number of aromatic nitrogens is 2. The smallest absolute Gasteiger partial charge is 0.237 e. The van der Waals surface area contributed by atoms with Crippen LogP contribution in [0.2, 0.25) is 0 Å². The van der Waals surface area contributed by atoms with Gasteiger partial charge in [-0.2, -0.15) is 0 Å². The zero-order valence-electron chi connectivity index (χ0n) is 14.4. The molecule has 0 radical (unpaired) electrons. The third-order valence-electron chi connectivity index (χ3n) is 4.58. The summed E-state index contributed by atoms with van der Waals surface area (Å²) in [5.41, 5.74) is 12.0. The van der Waals surface area contributed by atoms with Gasteiger partial charge in [-0.1, -0.05) is 12.8 Å². The number of carbonyl (C=O) groups excluding carboxylic acids is 1. The molecule has 0 atom stereocenters. The first-order valence-electron chi connectivity index (χ1n) is 8.45. The van der Waals surface area contributed by atoms with E-state index in [4.69, 9.17) is 16.2 Å². The highest BCUT2D eigenvalue weighted by Gasteiger charge is 2.33. The lowest BCUT2D eigenvalue weighted by molar-refractivity contribution is 0.103. The molecule has 1 fully saturated rings. The van der Waals surface area contributed by atoms with Crippen LogP contribution < -0.4 is 16.2 Å². The lowest BCUT2D eigenvalue weighted by Gasteiger charge is -2.23. The first-order valence-corrected chi connectivity index (χ1v) is 10.6. The van der Waals surface area contributed by atoms with Gasteiger partial charge in [0.1, 0.15) is 18.1 Å². The van der Waals surface area contributed by atoms with E-state index in [1.165, 1.54) is 18.3 Å². The Morgan fingerprint density at radius 3 is 2.63 bits per heavy atom. The zero-order valence-corrected chi connectivity index (χ0v) is 18.7. The number of halogens is 3. The number of alkyl halides is 3. The minimum atomic E-state index is -1.82. The van der Waals surface area contributed by atoms with Crippen LogP contribution in [0, 0.1) is 0 Å². The molecule has 2 aromatic heterocycles. The number of ether oxygens (including phenoxy) is 1. The molecule has 144 valence electrons. The first kappa shape index (κ1) is 20.6. The maximum Gasteiger partial charge on any atom is 0.237 e. The van der Waals surface area contributed by atoms with Gasteiger partial charge in [-0.25, -0.2) is 14.4 Å². The second-order valence-corrected chi connectivity index (χ2v) is 11.7. The molecule has 1 aliphatic rings. The van der Waals surface area contributed by atoms with Crippen molar-refractivity contribution in [3.8, 4) is 5.88 Å². The average molecular weight is 596 g/mol. The molecule has 0 unspecified atom stereocenters. The Kier molecular flexibility index (Phi) is 6.21. The predicted octanol–water partition coefficient (Wildman–Crippen LogP) is 3.89. The SMILES string of the molecule is Nc1ncccc1C(=O)c1nc(OCC2(N)CCCC2)ccc1C(F)(I)I. The van der Waals surface area contributed by atoms with Gasteiger partial charge in [0.2, 0.25) is 13.3 Å². The zero-order chi connectivity index (χ0) is 19.7. The number of ketones is 1. The third-order valence-corrected chi connectivity index (χ3v) is 5.74. The third kappa shape index (κ3) is 4.86. The average Bonchev–Trinajstić information content (AvgIpc) is 3.06. The van der Waals surface area contributed by atoms with E-state index in [0.717, 1.165) is 25.7 Å². The van der Waals surface area contributed by atoms with E-state index in [1.54, 1.807) is 57.3 Å². The van der Waals surface area contributed by atoms with Crippen molar-refractivity contribution < 1.29 is 13.9 Å². The molecular formula is C18H19FI2N4O2. The molecule has 1 aliphatic carbocycles. The molecule has 2 heterocycles. The second-order valence-electron chi connectivity index (χ2n) is 6.67. The van der Waals surface area contributed by atoms with Crippen molar-refractivity contribution >= 4 is 56.8 Å². The van der Waals surface area contributed by atoms with Crippen LogP contribution in [0.4, 0.5) is 10.2 Å². The summed E-state index contributed by atoms with van der Waals surface area (Å²) in [4.78, 5) is 21.2. The molecule has 0 amide bonds. The van der Waals surface area contributed by atoms with Crippen LogP contribution >= 0.6 is 45.2 Å².